The van der Waals surface area contributed by atoms with Crippen LogP contribution in [-0.2, 0) is 12.4 Å². The number of nitrogens with zero attached hydrogens (tertiary/aromatic N) is 2. The number of aromatic nitrogens is 3. The van der Waals surface area contributed by atoms with Gasteiger partial charge < -0.3 is 5.73 Å². The van der Waals surface area contributed by atoms with E-state index in [2.05, 4.69) is 10.2 Å². The van der Waals surface area contributed by atoms with E-state index in [4.69, 9.17) is 17.3 Å². The van der Waals surface area contributed by atoms with Crippen LogP contribution in [0.4, 0.5) is 26.3 Å². The number of nitrogens with two attached hydrogens (primary N) is 1. The molecule has 0 spiro atoms. The molecule has 0 atom stereocenters. The predicted molar refractivity (Wildman–Crippen MR) is 65.4 cm³/mol. The van der Waals surface area contributed by atoms with Crippen LogP contribution in [0.2, 0.25) is 5.02 Å². The predicted octanol–water partition coefficient (Wildman–Crippen LogP) is 3.26. The molecule has 3 N–H and O–H groups in total. The van der Waals surface area contributed by atoms with Crippen LogP contribution in [0.5, 0.6) is 0 Å². The fourth-order valence-electron chi connectivity index (χ4n) is 1.81. The fraction of sp³-hybridized carbons (Fsp3) is 0.182. The summed E-state index contributed by atoms with van der Waals surface area (Å²) in [5, 5.41) is 7.58. The second-order valence-corrected chi connectivity index (χ2v) is 4.67. The number of alkyl halides is 6. The molecule has 0 aliphatic rings. The molecule has 0 aliphatic heterocycles. The minimum Gasteiger partial charge on any atom is -0.364 e. The van der Waals surface area contributed by atoms with E-state index in [0.29, 0.717) is 6.07 Å². The molecule has 1 aromatic heterocycles. The van der Waals surface area contributed by atoms with Gasteiger partial charge in [-0.15, -0.1) is 0 Å². The van der Waals surface area contributed by atoms with Gasteiger partial charge in [-0.2, -0.15) is 41.8 Å². The van der Waals surface area contributed by atoms with Crippen LogP contribution in [0.25, 0.3) is 11.3 Å². The number of primary amides is 1. The van der Waals surface area contributed by atoms with E-state index in [1.54, 1.807) is 0 Å². The minimum atomic E-state index is -5.19. The minimum absolute atomic E-state index is 0.124. The van der Waals surface area contributed by atoms with Crippen molar-refractivity contribution in [3.05, 3.63) is 34.0 Å². The zero-order valence-electron chi connectivity index (χ0n) is 10.7. The molecule has 5 nitrogen and oxygen atoms in total. The van der Waals surface area contributed by atoms with Crippen LogP contribution in [0.15, 0.2) is 12.1 Å². The summed E-state index contributed by atoms with van der Waals surface area (Å²) in [5.74, 6) is -1.22. The highest BCUT2D eigenvalue weighted by atomic mass is 35.5. The highest BCUT2D eigenvalue weighted by molar-refractivity contribution is 6.33. The smallest absolute Gasteiger partial charge is 0.364 e. The summed E-state index contributed by atoms with van der Waals surface area (Å²) in [5.41, 5.74) is -0.666. The standard InChI is InChI=1S/C11H5ClF6N4O/c12-5-2-3(10(13,14)15)1-4(11(16,17)18)6(5)7-8(9(19)23)21-22-20-7/h1-2H,(H2,19,23)(H,20,21,22). The van der Waals surface area contributed by atoms with E-state index in [9.17, 15) is 31.1 Å². The monoisotopic (exact) mass is 358 g/mol. The van der Waals surface area contributed by atoms with Crippen molar-refractivity contribution in [3.8, 4) is 11.3 Å². The Labute approximate surface area is 128 Å². The summed E-state index contributed by atoms with van der Waals surface area (Å²) < 4.78 is 77.4. The molecule has 12 heteroatoms. The van der Waals surface area contributed by atoms with Crippen LogP contribution in [0, 0.1) is 0 Å². The van der Waals surface area contributed by atoms with Crippen molar-refractivity contribution in [2.75, 3.05) is 0 Å². The summed E-state index contributed by atoms with van der Waals surface area (Å²) in [4.78, 5) is 11.2. The first kappa shape index (κ1) is 17.1. The number of halogens is 7. The van der Waals surface area contributed by atoms with E-state index < -0.39 is 51.4 Å². The van der Waals surface area contributed by atoms with Gasteiger partial charge in [0, 0.05) is 5.56 Å². The molecule has 124 valence electrons. The summed E-state index contributed by atoms with van der Waals surface area (Å²) in [6.45, 7) is 0. The highest BCUT2D eigenvalue weighted by Gasteiger charge is 2.41. The zero-order chi connectivity index (χ0) is 17.6. The molecule has 1 amide bonds. The molecule has 0 fully saturated rings. The Balaban J connectivity index is 2.83. The average Bonchev–Trinajstić information content (AvgIpc) is 2.84. The van der Waals surface area contributed by atoms with Gasteiger partial charge in [0.1, 0.15) is 5.69 Å². The van der Waals surface area contributed by atoms with Crippen LogP contribution in [0.1, 0.15) is 21.6 Å². The van der Waals surface area contributed by atoms with Crippen molar-refractivity contribution in [2.45, 2.75) is 12.4 Å². The van der Waals surface area contributed by atoms with Crippen LogP contribution >= 0.6 is 11.6 Å². The van der Waals surface area contributed by atoms with Crippen LogP contribution < -0.4 is 5.73 Å². The van der Waals surface area contributed by atoms with Crippen molar-refractivity contribution in [2.24, 2.45) is 5.73 Å². The quantitative estimate of drug-likeness (QED) is 0.808. The molecule has 0 radical (unpaired) electrons. The third-order valence-electron chi connectivity index (χ3n) is 2.74. The Hall–Kier alpha value is -2.30. The average molecular weight is 359 g/mol. The van der Waals surface area contributed by atoms with Gasteiger partial charge in [-0.25, -0.2) is 0 Å². The first-order valence-corrected chi connectivity index (χ1v) is 5.99. The molecule has 0 aliphatic carbocycles. The van der Waals surface area contributed by atoms with E-state index in [1.165, 1.54) is 0 Å². The first-order valence-electron chi connectivity index (χ1n) is 5.61. The highest BCUT2D eigenvalue weighted by Crippen LogP contribution is 2.44. The molecule has 23 heavy (non-hydrogen) atoms. The number of hydrogen-bond donors (Lipinski definition) is 2. The number of rotatable bonds is 2. The molecule has 1 aromatic carbocycles. The topological polar surface area (TPSA) is 84.7 Å². The molecule has 2 rings (SSSR count). The summed E-state index contributed by atoms with van der Waals surface area (Å²) >= 11 is 5.58. The van der Waals surface area contributed by atoms with Crippen molar-refractivity contribution in [1.29, 1.82) is 0 Å². The largest absolute Gasteiger partial charge is 0.417 e. The second kappa shape index (κ2) is 5.41. The van der Waals surface area contributed by atoms with Gasteiger partial charge in [0.15, 0.2) is 5.69 Å². The van der Waals surface area contributed by atoms with Gasteiger partial charge in [-0.05, 0) is 12.1 Å². The molecule has 1 heterocycles. The van der Waals surface area contributed by atoms with Gasteiger partial charge in [0.25, 0.3) is 5.91 Å². The van der Waals surface area contributed by atoms with E-state index in [0.717, 1.165) is 0 Å². The Morgan fingerprint density at radius 2 is 1.70 bits per heavy atom. The number of H-pyrrole nitrogens is 1. The Morgan fingerprint density at radius 3 is 2.17 bits per heavy atom. The summed E-state index contributed by atoms with van der Waals surface area (Å²) in [6.07, 6.45) is -10.2. The molecule has 0 unspecified atom stereocenters. The van der Waals surface area contributed by atoms with Gasteiger partial charge in [-0.1, -0.05) is 11.6 Å². The van der Waals surface area contributed by atoms with Crippen molar-refractivity contribution in [3.63, 3.8) is 0 Å². The van der Waals surface area contributed by atoms with E-state index in [1.807, 2.05) is 5.21 Å². The van der Waals surface area contributed by atoms with Gasteiger partial charge in [-0.3, -0.25) is 4.79 Å². The van der Waals surface area contributed by atoms with Crippen molar-refractivity contribution < 1.29 is 31.1 Å². The Bertz CT molecular complexity index is 767. The zero-order valence-corrected chi connectivity index (χ0v) is 11.4. The lowest BCUT2D eigenvalue weighted by Crippen LogP contribution is -2.16. The normalized spacial score (nSPS) is 12.5. The molecular weight excluding hydrogens is 354 g/mol. The van der Waals surface area contributed by atoms with Crippen LogP contribution in [0.3, 0.4) is 0 Å². The first-order chi connectivity index (χ1) is 10.4. The van der Waals surface area contributed by atoms with Crippen molar-refractivity contribution in [1.82, 2.24) is 15.4 Å². The van der Waals surface area contributed by atoms with Gasteiger partial charge in [0.2, 0.25) is 0 Å². The molecule has 0 saturated carbocycles. The maximum atomic E-state index is 13.1. The van der Waals surface area contributed by atoms with Gasteiger partial charge >= 0.3 is 12.4 Å². The number of benzene rings is 1. The van der Waals surface area contributed by atoms with Gasteiger partial charge in [0.05, 0.1) is 16.1 Å². The number of nitrogens with one attached hydrogen (secondary N) is 1. The van der Waals surface area contributed by atoms with Crippen LogP contribution in [-0.4, -0.2) is 21.3 Å². The lowest BCUT2D eigenvalue weighted by atomic mass is 9.99. The Kier molecular flexibility index (Phi) is 4.01. The third kappa shape index (κ3) is 3.23. The maximum absolute atomic E-state index is 13.1. The van der Waals surface area contributed by atoms with E-state index in [-0.39, 0.29) is 6.07 Å². The number of amides is 1. The molecular formula is C11H5ClF6N4O. The lowest BCUT2D eigenvalue weighted by Gasteiger charge is -2.16. The molecule has 0 saturated heterocycles. The maximum Gasteiger partial charge on any atom is 0.417 e. The SMILES string of the molecule is NC(=O)c1n[nH]nc1-c1c(Cl)cc(C(F)(F)F)cc1C(F)(F)F. The second-order valence-electron chi connectivity index (χ2n) is 4.26. The Morgan fingerprint density at radius 1 is 1.09 bits per heavy atom. The number of hydrogen-bond acceptors (Lipinski definition) is 3. The third-order valence-corrected chi connectivity index (χ3v) is 3.04. The lowest BCUT2D eigenvalue weighted by molar-refractivity contribution is -0.142. The number of aromatic amines is 1. The summed E-state index contributed by atoms with van der Waals surface area (Å²) in [6, 6.07) is 0.173. The van der Waals surface area contributed by atoms with Crippen molar-refractivity contribution >= 4 is 17.5 Å². The number of carbonyl (C=O) groups excluding carboxylic acids is 1. The van der Waals surface area contributed by atoms with E-state index >= 15 is 0 Å². The fourth-order valence-corrected chi connectivity index (χ4v) is 2.12. The molecule has 2 aromatic rings. The molecule has 0 bridgehead atoms. The summed E-state index contributed by atoms with van der Waals surface area (Å²) in [7, 11) is 0. The number of carbonyl (C=O) groups is 1.